The number of carbonyl (C=O) groups excluding carboxylic acids is 1. The van der Waals surface area contributed by atoms with Crippen LogP contribution in [0.25, 0.3) is 10.8 Å². The van der Waals surface area contributed by atoms with Crippen molar-refractivity contribution in [3.63, 3.8) is 0 Å². The summed E-state index contributed by atoms with van der Waals surface area (Å²) in [5.41, 5.74) is 2.00. The first kappa shape index (κ1) is 14.1. The van der Waals surface area contributed by atoms with Gasteiger partial charge in [-0.1, -0.05) is 34.1 Å². The zero-order chi connectivity index (χ0) is 13.8. The molecule has 0 fully saturated rings. The second-order valence-corrected chi connectivity index (χ2v) is 5.04. The first-order valence-corrected chi connectivity index (χ1v) is 7.69. The highest BCUT2D eigenvalue weighted by Crippen LogP contribution is 2.23. The standard InChI is InChI=1S/C16H18BrNO/c1-3-18(4-2)15-8-7-12-9-14(16(19)11-17)6-5-13(12)10-15/h5-10H,3-4,11H2,1-2H3. The topological polar surface area (TPSA) is 20.3 Å². The summed E-state index contributed by atoms with van der Waals surface area (Å²) in [7, 11) is 0. The molecule has 0 heterocycles. The number of alkyl halides is 1. The van der Waals surface area contributed by atoms with Crippen LogP contribution in [0.3, 0.4) is 0 Å². The largest absolute Gasteiger partial charge is 0.372 e. The van der Waals surface area contributed by atoms with Gasteiger partial charge in [-0.05, 0) is 42.8 Å². The molecule has 100 valence electrons. The van der Waals surface area contributed by atoms with Crippen LogP contribution in [0.4, 0.5) is 5.69 Å². The molecule has 2 nitrogen and oxygen atoms in total. The van der Waals surface area contributed by atoms with Crippen LogP contribution in [0, 0.1) is 0 Å². The zero-order valence-corrected chi connectivity index (χ0v) is 12.9. The van der Waals surface area contributed by atoms with Gasteiger partial charge in [0.2, 0.25) is 0 Å². The molecule has 2 aromatic rings. The molecule has 0 N–H and O–H groups in total. The van der Waals surface area contributed by atoms with Gasteiger partial charge in [0.25, 0.3) is 0 Å². The van der Waals surface area contributed by atoms with E-state index in [4.69, 9.17) is 0 Å². The van der Waals surface area contributed by atoms with Gasteiger partial charge in [-0.3, -0.25) is 4.79 Å². The Hall–Kier alpha value is -1.35. The van der Waals surface area contributed by atoms with E-state index >= 15 is 0 Å². The average molecular weight is 320 g/mol. The summed E-state index contributed by atoms with van der Waals surface area (Å²) in [6, 6.07) is 12.3. The lowest BCUT2D eigenvalue weighted by molar-refractivity contribution is 0.102. The third kappa shape index (κ3) is 2.98. The molecule has 0 saturated heterocycles. The maximum atomic E-state index is 11.7. The van der Waals surface area contributed by atoms with Gasteiger partial charge in [0.15, 0.2) is 5.78 Å². The van der Waals surface area contributed by atoms with Crippen molar-refractivity contribution in [3.8, 4) is 0 Å². The van der Waals surface area contributed by atoms with Crippen molar-refractivity contribution in [2.24, 2.45) is 0 Å². The van der Waals surface area contributed by atoms with E-state index in [2.05, 4.69) is 52.9 Å². The molecule has 0 aliphatic carbocycles. The summed E-state index contributed by atoms with van der Waals surface area (Å²) < 4.78 is 0. The van der Waals surface area contributed by atoms with Crippen LogP contribution >= 0.6 is 15.9 Å². The minimum atomic E-state index is 0.120. The molecule has 0 atom stereocenters. The number of nitrogens with zero attached hydrogens (tertiary/aromatic N) is 1. The molecule has 0 spiro atoms. The molecule has 2 aromatic carbocycles. The Kier molecular flexibility index (Phi) is 4.59. The third-order valence-corrected chi connectivity index (χ3v) is 3.91. The molecule has 0 radical (unpaired) electrons. The quantitative estimate of drug-likeness (QED) is 0.606. The highest BCUT2D eigenvalue weighted by Gasteiger charge is 2.06. The summed E-state index contributed by atoms with van der Waals surface area (Å²) in [5.74, 6) is 0.120. The van der Waals surface area contributed by atoms with Gasteiger partial charge in [-0.25, -0.2) is 0 Å². The lowest BCUT2D eigenvalue weighted by Gasteiger charge is -2.21. The fourth-order valence-electron chi connectivity index (χ4n) is 2.27. The summed E-state index contributed by atoms with van der Waals surface area (Å²) in [6.45, 7) is 6.32. The zero-order valence-electron chi connectivity index (χ0n) is 11.3. The van der Waals surface area contributed by atoms with Gasteiger partial charge in [-0.15, -0.1) is 0 Å². The van der Waals surface area contributed by atoms with Gasteiger partial charge in [-0.2, -0.15) is 0 Å². The number of carbonyl (C=O) groups is 1. The number of benzene rings is 2. The van der Waals surface area contributed by atoms with E-state index in [0.717, 1.165) is 24.0 Å². The van der Waals surface area contributed by atoms with Crippen molar-refractivity contribution in [1.82, 2.24) is 0 Å². The van der Waals surface area contributed by atoms with Gasteiger partial charge >= 0.3 is 0 Å². The first-order valence-electron chi connectivity index (χ1n) is 6.57. The number of fused-ring (bicyclic) bond motifs is 1. The number of hydrogen-bond donors (Lipinski definition) is 0. The summed E-state index contributed by atoms with van der Waals surface area (Å²) in [5, 5.41) is 2.66. The smallest absolute Gasteiger partial charge is 0.173 e. The van der Waals surface area contributed by atoms with E-state index in [1.165, 1.54) is 11.1 Å². The van der Waals surface area contributed by atoms with Crippen molar-refractivity contribution < 1.29 is 4.79 Å². The number of ketones is 1. The SMILES string of the molecule is CCN(CC)c1ccc2cc(C(=O)CBr)ccc2c1. The van der Waals surface area contributed by atoms with Crippen molar-refractivity contribution in [3.05, 3.63) is 42.0 Å². The monoisotopic (exact) mass is 319 g/mol. The van der Waals surface area contributed by atoms with Crippen molar-refractivity contribution in [2.45, 2.75) is 13.8 Å². The molecule has 0 saturated carbocycles. The Bertz CT molecular complexity index is 590. The number of Topliss-reactive ketones (excluding diaryl/α,β-unsaturated/α-hetero) is 1. The number of anilines is 1. The minimum absolute atomic E-state index is 0.120. The molecular weight excluding hydrogens is 302 g/mol. The molecule has 0 aliphatic heterocycles. The Morgan fingerprint density at radius 2 is 1.68 bits per heavy atom. The van der Waals surface area contributed by atoms with E-state index < -0.39 is 0 Å². The Morgan fingerprint density at radius 1 is 1.05 bits per heavy atom. The lowest BCUT2D eigenvalue weighted by Crippen LogP contribution is -2.21. The van der Waals surface area contributed by atoms with Crippen LogP contribution in [0.15, 0.2) is 36.4 Å². The second-order valence-electron chi connectivity index (χ2n) is 4.48. The van der Waals surface area contributed by atoms with E-state index in [9.17, 15) is 4.79 Å². The highest BCUT2D eigenvalue weighted by atomic mass is 79.9. The van der Waals surface area contributed by atoms with Gasteiger partial charge < -0.3 is 4.90 Å². The third-order valence-electron chi connectivity index (χ3n) is 3.40. The molecule has 0 bridgehead atoms. The number of hydrogen-bond acceptors (Lipinski definition) is 2. The van der Waals surface area contributed by atoms with Gasteiger partial charge in [0.05, 0.1) is 5.33 Å². The molecule has 0 unspecified atom stereocenters. The lowest BCUT2D eigenvalue weighted by atomic mass is 10.0. The number of rotatable bonds is 5. The second kappa shape index (κ2) is 6.20. The molecular formula is C16H18BrNO. The summed E-state index contributed by atoms with van der Waals surface area (Å²) in [4.78, 5) is 14.0. The van der Waals surface area contributed by atoms with Crippen LogP contribution in [0.1, 0.15) is 24.2 Å². The highest BCUT2D eigenvalue weighted by molar-refractivity contribution is 9.09. The Morgan fingerprint density at radius 3 is 2.32 bits per heavy atom. The fourth-order valence-corrected chi connectivity index (χ4v) is 2.59. The molecule has 0 amide bonds. The van der Waals surface area contributed by atoms with Crippen LogP contribution in [-0.2, 0) is 0 Å². The van der Waals surface area contributed by atoms with E-state index in [1.54, 1.807) is 0 Å². The van der Waals surface area contributed by atoms with Crippen molar-refractivity contribution in [1.29, 1.82) is 0 Å². The van der Waals surface area contributed by atoms with Crippen molar-refractivity contribution >= 4 is 38.2 Å². The first-order chi connectivity index (χ1) is 9.19. The van der Waals surface area contributed by atoms with Gasteiger partial charge in [0, 0.05) is 24.3 Å². The normalized spacial score (nSPS) is 10.7. The van der Waals surface area contributed by atoms with Crippen LogP contribution < -0.4 is 4.90 Å². The molecule has 2 rings (SSSR count). The molecule has 19 heavy (non-hydrogen) atoms. The van der Waals surface area contributed by atoms with Crippen LogP contribution in [0.5, 0.6) is 0 Å². The molecule has 0 aliphatic rings. The maximum Gasteiger partial charge on any atom is 0.173 e. The average Bonchev–Trinajstić information content (AvgIpc) is 2.47. The maximum absolute atomic E-state index is 11.7. The van der Waals surface area contributed by atoms with Crippen molar-refractivity contribution in [2.75, 3.05) is 23.3 Å². The molecule has 0 aromatic heterocycles. The predicted molar refractivity (Wildman–Crippen MR) is 85.6 cm³/mol. The summed E-state index contributed by atoms with van der Waals surface area (Å²) >= 11 is 3.21. The van der Waals surface area contributed by atoms with E-state index in [1.807, 2.05) is 18.2 Å². The summed E-state index contributed by atoms with van der Waals surface area (Å²) in [6.07, 6.45) is 0. The Labute approximate surface area is 122 Å². The Balaban J connectivity index is 2.43. The van der Waals surface area contributed by atoms with Crippen LogP contribution in [-0.4, -0.2) is 24.2 Å². The fraction of sp³-hybridized carbons (Fsp3) is 0.312. The van der Waals surface area contributed by atoms with E-state index in [0.29, 0.717) is 5.33 Å². The minimum Gasteiger partial charge on any atom is -0.372 e. The molecule has 3 heteroatoms. The van der Waals surface area contributed by atoms with E-state index in [-0.39, 0.29) is 5.78 Å². The van der Waals surface area contributed by atoms with Gasteiger partial charge in [0.1, 0.15) is 0 Å². The van der Waals surface area contributed by atoms with Crippen LogP contribution in [0.2, 0.25) is 0 Å². The predicted octanol–water partition coefficient (Wildman–Crippen LogP) is 4.26. The number of halogens is 1.